The van der Waals surface area contributed by atoms with Gasteiger partial charge in [0.1, 0.15) is 36.5 Å². The van der Waals surface area contributed by atoms with Crippen molar-refractivity contribution in [2.24, 2.45) is 0 Å². The molecule has 6 nitrogen and oxygen atoms in total. The van der Waals surface area contributed by atoms with Crippen LogP contribution in [0.5, 0.6) is 5.75 Å². The SMILES string of the molecule is O[C@H]1[C@H](O)[C@@H](O)CN(Cc2ccc(F)cc2)CCCCc2ccccc2OC[C@H]1O. The van der Waals surface area contributed by atoms with Gasteiger partial charge in [-0.05, 0) is 55.1 Å². The van der Waals surface area contributed by atoms with E-state index in [-0.39, 0.29) is 19.0 Å². The number of aryl methyl sites for hydroxylation is 1. The third-order valence-corrected chi connectivity index (χ3v) is 5.46. The van der Waals surface area contributed by atoms with E-state index >= 15 is 0 Å². The summed E-state index contributed by atoms with van der Waals surface area (Å²) in [5.41, 5.74) is 1.90. The lowest BCUT2D eigenvalue weighted by atomic mass is 10.0. The van der Waals surface area contributed by atoms with Gasteiger partial charge >= 0.3 is 0 Å². The molecule has 0 aromatic heterocycles. The van der Waals surface area contributed by atoms with Crippen LogP contribution >= 0.6 is 0 Å². The van der Waals surface area contributed by atoms with Crippen molar-refractivity contribution < 1.29 is 29.6 Å². The molecule has 4 atom stereocenters. The number of para-hydroxylation sites is 1. The van der Waals surface area contributed by atoms with Gasteiger partial charge in [-0.3, -0.25) is 4.90 Å². The summed E-state index contributed by atoms with van der Waals surface area (Å²) < 4.78 is 18.9. The van der Waals surface area contributed by atoms with Crippen LogP contribution in [0.25, 0.3) is 0 Å². The largest absolute Gasteiger partial charge is 0.491 e. The molecule has 0 bridgehead atoms. The van der Waals surface area contributed by atoms with Crippen LogP contribution < -0.4 is 4.74 Å². The zero-order chi connectivity index (χ0) is 21.5. The molecule has 4 N–H and O–H groups in total. The minimum absolute atomic E-state index is 0.111. The number of halogens is 1. The van der Waals surface area contributed by atoms with Gasteiger partial charge in [0.05, 0.1) is 6.10 Å². The summed E-state index contributed by atoms with van der Waals surface area (Å²) in [4.78, 5) is 1.97. The van der Waals surface area contributed by atoms with E-state index in [0.29, 0.717) is 18.8 Å². The number of hydrogen-bond acceptors (Lipinski definition) is 6. The zero-order valence-corrected chi connectivity index (χ0v) is 16.9. The molecule has 164 valence electrons. The molecule has 7 heteroatoms. The van der Waals surface area contributed by atoms with E-state index in [4.69, 9.17) is 4.74 Å². The van der Waals surface area contributed by atoms with Gasteiger partial charge in [0, 0.05) is 13.1 Å². The molecule has 1 aliphatic heterocycles. The standard InChI is InChI=1S/C23H30FNO5/c24-18-10-8-16(9-11-18)13-25-12-4-3-6-17-5-1-2-7-21(17)30-15-20(27)23(29)22(28)19(26)14-25/h1-2,5,7-11,19-20,22-23,26-29H,3-4,6,12-15H2/t19-,20+,22+,23+/m0/s1. The Labute approximate surface area is 176 Å². The highest BCUT2D eigenvalue weighted by Crippen LogP contribution is 2.22. The van der Waals surface area contributed by atoms with Crippen molar-refractivity contribution in [3.05, 3.63) is 65.5 Å². The van der Waals surface area contributed by atoms with Gasteiger partial charge < -0.3 is 25.2 Å². The normalized spacial score (nSPS) is 27.0. The Bertz CT molecular complexity index is 787. The second kappa shape index (κ2) is 10.8. The first-order chi connectivity index (χ1) is 14.4. The lowest BCUT2D eigenvalue weighted by Gasteiger charge is -2.31. The first-order valence-electron chi connectivity index (χ1n) is 10.3. The highest BCUT2D eigenvalue weighted by molar-refractivity contribution is 5.33. The number of hydrogen-bond donors (Lipinski definition) is 4. The smallest absolute Gasteiger partial charge is 0.123 e. The van der Waals surface area contributed by atoms with E-state index in [9.17, 15) is 24.8 Å². The molecule has 1 aliphatic rings. The van der Waals surface area contributed by atoms with Gasteiger partial charge in [-0.15, -0.1) is 0 Å². The minimum Gasteiger partial charge on any atom is -0.491 e. The Kier molecular flexibility index (Phi) is 8.18. The molecule has 2 aromatic rings. The average Bonchev–Trinajstić information content (AvgIpc) is 2.75. The number of fused-ring (bicyclic) bond motifs is 1. The fraction of sp³-hybridized carbons (Fsp3) is 0.478. The second-order valence-electron chi connectivity index (χ2n) is 7.85. The number of benzene rings is 2. The number of aliphatic hydroxyl groups is 4. The van der Waals surface area contributed by atoms with E-state index in [1.54, 1.807) is 12.1 Å². The van der Waals surface area contributed by atoms with Crippen LogP contribution in [0.15, 0.2) is 48.5 Å². The van der Waals surface area contributed by atoms with Crippen LogP contribution in [0, 0.1) is 5.82 Å². The summed E-state index contributed by atoms with van der Waals surface area (Å²) in [6.07, 6.45) is -3.15. The van der Waals surface area contributed by atoms with Crippen LogP contribution in [0.3, 0.4) is 0 Å². The summed E-state index contributed by atoms with van der Waals surface area (Å²) in [5.74, 6) is 0.326. The fourth-order valence-corrected chi connectivity index (χ4v) is 3.69. The van der Waals surface area contributed by atoms with Crippen LogP contribution in [-0.4, -0.2) is 69.4 Å². The third kappa shape index (κ3) is 6.23. The lowest BCUT2D eigenvalue weighted by molar-refractivity contribution is -0.118. The summed E-state index contributed by atoms with van der Waals surface area (Å²) in [5, 5.41) is 41.3. The van der Waals surface area contributed by atoms with Crippen molar-refractivity contribution in [1.29, 1.82) is 0 Å². The molecule has 0 unspecified atom stereocenters. The van der Waals surface area contributed by atoms with Crippen LogP contribution in [0.2, 0.25) is 0 Å². The quantitative estimate of drug-likeness (QED) is 0.589. The highest BCUT2D eigenvalue weighted by Gasteiger charge is 2.32. The lowest BCUT2D eigenvalue weighted by Crippen LogP contribution is -2.50. The Morgan fingerprint density at radius 3 is 2.37 bits per heavy atom. The molecule has 3 rings (SSSR count). The number of nitrogens with zero attached hydrogens (tertiary/aromatic N) is 1. The molecule has 2 aromatic carbocycles. The summed E-state index contributed by atoms with van der Waals surface area (Å²) in [7, 11) is 0. The summed E-state index contributed by atoms with van der Waals surface area (Å²) >= 11 is 0. The molecule has 0 saturated carbocycles. The van der Waals surface area contributed by atoms with Gasteiger partial charge in [-0.1, -0.05) is 30.3 Å². The Balaban J connectivity index is 1.76. The fourth-order valence-electron chi connectivity index (χ4n) is 3.69. The number of aliphatic hydroxyl groups excluding tert-OH is 4. The molecule has 0 saturated heterocycles. The van der Waals surface area contributed by atoms with Crippen molar-refractivity contribution in [1.82, 2.24) is 4.90 Å². The molecule has 0 aliphatic carbocycles. The molecule has 1 heterocycles. The molecular weight excluding hydrogens is 389 g/mol. The maximum absolute atomic E-state index is 13.2. The highest BCUT2D eigenvalue weighted by atomic mass is 19.1. The van der Waals surface area contributed by atoms with E-state index in [1.165, 1.54) is 12.1 Å². The number of ether oxygens (including phenoxy) is 1. The summed E-state index contributed by atoms with van der Waals surface area (Å²) in [6, 6.07) is 13.7. The first-order valence-corrected chi connectivity index (χ1v) is 10.3. The van der Waals surface area contributed by atoms with Gasteiger partial charge in [-0.25, -0.2) is 4.39 Å². The van der Waals surface area contributed by atoms with Gasteiger partial charge in [0.2, 0.25) is 0 Å². The predicted molar refractivity (Wildman–Crippen MR) is 111 cm³/mol. The molecule has 0 radical (unpaired) electrons. The van der Waals surface area contributed by atoms with Crippen molar-refractivity contribution >= 4 is 0 Å². The predicted octanol–water partition coefficient (Wildman–Crippen LogP) is 1.49. The van der Waals surface area contributed by atoms with Crippen molar-refractivity contribution in [3.63, 3.8) is 0 Å². The molecular formula is C23H30FNO5. The van der Waals surface area contributed by atoms with Crippen molar-refractivity contribution in [3.8, 4) is 5.75 Å². The summed E-state index contributed by atoms with van der Waals surface area (Å²) in [6.45, 7) is 1.05. The zero-order valence-electron chi connectivity index (χ0n) is 16.9. The minimum atomic E-state index is -1.55. The van der Waals surface area contributed by atoms with Crippen LogP contribution in [0.4, 0.5) is 4.39 Å². The van der Waals surface area contributed by atoms with Gasteiger partial charge in [0.25, 0.3) is 0 Å². The Morgan fingerprint density at radius 2 is 1.60 bits per heavy atom. The molecule has 0 fully saturated rings. The van der Waals surface area contributed by atoms with Crippen molar-refractivity contribution in [2.45, 2.75) is 50.2 Å². The average molecular weight is 419 g/mol. The number of β-amino-alcohol motifs (C(OH)–C–C–N with tert-alkyl or cyclic N) is 1. The van der Waals surface area contributed by atoms with E-state index in [2.05, 4.69) is 0 Å². The first kappa shape index (κ1) is 22.7. The van der Waals surface area contributed by atoms with Crippen LogP contribution in [-0.2, 0) is 13.0 Å². The number of rotatable bonds is 2. The van der Waals surface area contributed by atoms with E-state index in [1.807, 2.05) is 29.2 Å². The Hall–Kier alpha value is -2.03. The topological polar surface area (TPSA) is 93.4 Å². The molecule has 0 spiro atoms. The maximum atomic E-state index is 13.2. The van der Waals surface area contributed by atoms with Gasteiger partial charge in [-0.2, -0.15) is 0 Å². The monoisotopic (exact) mass is 419 g/mol. The van der Waals surface area contributed by atoms with E-state index < -0.39 is 24.4 Å². The van der Waals surface area contributed by atoms with Crippen molar-refractivity contribution in [2.75, 3.05) is 19.7 Å². The third-order valence-electron chi connectivity index (χ3n) is 5.46. The van der Waals surface area contributed by atoms with Gasteiger partial charge in [0.15, 0.2) is 0 Å². The molecule has 0 amide bonds. The maximum Gasteiger partial charge on any atom is 0.123 e. The molecule has 30 heavy (non-hydrogen) atoms. The van der Waals surface area contributed by atoms with Crippen LogP contribution in [0.1, 0.15) is 24.0 Å². The second-order valence-corrected chi connectivity index (χ2v) is 7.85. The van der Waals surface area contributed by atoms with E-state index in [0.717, 1.165) is 30.4 Å². The Morgan fingerprint density at radius 1 is 0.900 bits per heavy atom.